The van der Waals surface area contributed by atoms with Crippen molar-refractivity contribution < 1.29 is 0 Å². The Kier molecular flexibility index (Phi) is 5.25. The Morgan fingerprint density at radius 1 is 1.38 bits per heavy atom. The molecule has 0 unspecified atom stereocenters. The molecule has 0 aliphatic heterocycles. The molecule has 0 aliphatic carbocycles. The van der Waals surface area contributed by atoms with E-state index in [0.29, 0.717) is 0 Å². The molecule has 0 fully saturated rings. The maximum atomic E-state index is 3.51. The van der Waals surface area contributed by atoms with Crippen LogP contribution in [0.15, 0.2) is 42.7 Å². The second-order valence-electron chi connectivity index (χ2n) is 1.24. The van der Waals surface area contributed by atoms with Gasteiger partial charge in [0.15, 0.2) is 0 Å². The Balaban J connectivity index is 3.58. The third kappa shape index (κ3) is 5.00. The van der Waals surface area contributed by atoms with Gasteiger partial charge >= 0.3 is 0 Å². The summed E-state index contributed by atoms with van der Waals surface area (Å²) in [5.41, 5.74) is 2.90. The molecule has 8 heavy (non-hydrogen) atoms. The van der Waals surface area contributed by atoms with Crippen molar-refractivity contribution in [3.8, 4) is 0 Å². The highest BCUT2D eigenvalue weighted by Gasteiger charge is 1.52. The Morgan fingerprint density at radius 3 is 2.62 bits per heavy atom. The summed E-state index contributed by atoms with van der Waals surface area (Å²) in [4.78, 5) is 0. The van der Waals surface area contributed by atoms with Crippen molar-refractivity contribution in [2.24, 2.45) is 0 Å². The summed E-state index contributed by atoms with van der Waals surface area (Å²) >= 11 is 0. The largest absolute Gasteiger partial charge is 0.125 e. The first kappa shape index (κ1) is 7.00. The molecule has 0 aromatic carbocycles. The molecule has 0 rings (SSSR count). The van der Waals surface area contributed by atoms with E-state index in [9.17, 15) is 0 Å². The molecule has 0 aromatic rings. The highest BCUT2D eigenvalue weighted by molar-refractivity contribution is 5.08. The third-order valence-electron chi connectivity index (χ3n) is 0.606. The van der Waals surface area contributed by atoms with E-state index in [-0.39, 0.29) is 0 Å². The molecule has 0 nitrogen and oxygen atoms in total. The predicted octanol–water partition coefficient (Wildman–Crippen LogP) is 2.46. The van der Waals surface area contributed by atoms with Crippen LogP contribution in [0.4, 0.5) is 0 Å². The average Bonchev–Trinajstić information content (AvgIpc) is 1.81. The number of hydrogen-bond acceptors (Lipinski definition) is 0. The quantitative estimate of drug-likeness (QED) is 0.374. The average molecular weight is 106 g/mol. The van der Waals surface area contributed by atoms with Crippen LogP contribution >= 0.6 is 0 Å². The van der Waals surface area contributed by atoms with Crippen molar-refractivity contribution in [1.82, 2.24) is 0 Å². The minimum Gasteiger partial charge on any atom is -0.125 e. The lowest BCUT2D eigenvalue weighted by Gasteiger charge is -1.63. The first-order valence-electron chi connectivity index (χ1n) is 2.56. The summed E-state index contributed by atoms with van der Waals surface area (Å²) in [5.74, 6) is 0. The second kappa shape index (κ2) is 6.00. The van der Waals surface area contributed by atoms with Crippen molar-refractivity contribution in [1.29, 1.82) is 0 Å². The van der Waals surface area contributed by atoms with E-state index >= 15 is 0 Å². The normalized spacial score (nSPS) is 8.12. The lowest BCUT2D eigenvalue weighted by atomic mass is 10.4. The van der Waals surface area contributed by atoms with Gasteiger partial charge in [-0.3, -0.25) is 0 Å². The van der Waals surface area contributed by atoms with E-state index in [0.717, 1.165) is 0 Å². The van der Waals surface area contributed by atoms with Gasteiger partial charge in [-0.05, 0) is 19.1 Å². The highest BCUT2D eigenvalue weighted by Crippen LogP contribution is 1.73. The maximum absolute atomic E-state index is 3.51. The van der Waals surface area contributed by atoms with Crippen molar-refractivity contribution in [3.63, 3.8) is 0 Å². The second-order valence-corrected chi connectivity index (χ2v) is 1.24. The lowest BCUT2D eigenvalue weighted by Crippen LogP contribution is -1.41. The molecule has 0 amide bonds. The fourth-order valence-corrected chi connectivity index (χ4v) is 0.286. The van der Waals surface area contributed by atoms with Crippen molar-refractivity contribution in [2.75, 3.05) is 0 Å². The topological polar surface area (TPSA) is 0 Å². The van der Waals surface area contributed by atoms with Crippen LogP contribution in [0.2, 0.25) is 0 Å². The molecular weight excluding hydrogens is 96.1 g/mol. The van der Waals surface area contributed by atoms with E-state index in [1.54, 1.807) is 6.08 Å². The minimum atomic E-state index is 1.73. The van der Waals surface area contributed by atoms with Crippen LogP contribution in [0.3, 0.4) is 0 Å². The molecule has 0 radical (unpaired) electrons. The van der Waals surface area contributed by atoms with Gasteiger partial charge < -0.3 is 0 Å². The number of allylic oxidation sites excluding steroid dienone is 4. The standard InChI is InChI=1S/C8H10/c1-3-5-7-8-6-4-2/h3-5,7-8H,1H2,2H3. The summed E-state index contributed by atoms with van der Waals surface area (Å²) in [7, 11) is 0. The van der Waals surface area contributed by atoms with Gasteiger partial charge in [-0.15, -0.1) is 5.73 Å². The van der Waals surface area contributed by atoms with Crippen LogP contribution in [0.5, 0.6) is 0 Å². The van der Waals surface area contributed by atoms with Crippen molar-refractivity contribution in [3.05, 3.63) is 42.7 Å². The van der Waals surface area contributed by atoms with Crippen LogP contribution in [0.1, 0.15) is 6.92 Å². The molecule has 0 spiro atoms. The first-order chi connectivity index (χ1) is 3.91. The van der Waals surface area contributed by atoms with Gasteiger partial charge in [-0.25, -0.2) is 0 Å². The summed E-state index contributed by atoms with van der Waals surface area (Å²) in [6.45, 7) is 5.44. The molecule has 0 heterocycles. The van der Waals surface area contributed by atoms with Gasteiger partial charge in [-0.1, -0.05) is 24.8 Å². The molecule has 0 heteroatoms. The van der Waals surface area contributed by atoms with Crippen LogP contribution < -0.4 is 0 Å². The number of hydrogen-bond donors (Lipinski definition) is 0. The fourth-order valence-electron chi connectivity index (χ4n) is 0.286. The Morgan fingerprint density at radius 2 is 2.12 bits per heavy atom. The van der Waals surface area contributed by atoms with E-state index in [2.05, 4.69) is 12.3 Å². The fraction of sp³-hybridized carbons (Fsp3) is 0.125. The number of rotatable bonds is 2. The maximum Gasteiger partial charge on any atom is -0.0203 e. The molecule has 0 N–H and O–H groups in total. The third-order valence-corrected chi connectivity index (χ3v) is 0.606. The Labute approximate surface area is 50.5 Å². The molecule has 0 saturated heterocycles. The van der Waals surface area contributed by atoms with Crippen LogP contribution in [0, 0.1) is 0 Å². The Hall–Kier alpha value is -1.00. The van der Waals surface area contributed by atoms with Crippen LogP contribution in [-0.2, 0) is 0 Å². The van der Waals surface area contributed by atoms with Gasteiger partial charge in [0.25, 0.3) is 0 Å². The first-order valence-corrected chi connectivity index (χ1v) is 2.56. The zero-order valence-electron chi connectivity index (χ0n) is 5.09. The van der Waals surface area contributed by atoms with E-state index in [1.807, 2.05) is 31.2 Å². The zero-order chi connectivity index (χ0) is 6.24. The SMILES string of the molecule is C=CC=CC=C=CC. The summed E-state index contributed by atoms with van der Waals surface area (Å²) in [6, 6.07) is 0. The zero-order valence-corrected chi connectivity index (χ0v) is 5.09. The smallest absolute Gasteiger partial charge is 0.0203 e. The molecule has 0 bridgehead atoms. The van der Waals surface area contributed by atoms with E-state index in [4.69, 9.17) is 0 Å². The van der Waals surface area contributed by atoms with Gasteiger partial charge in [0, 0.05) is 0 Å². The molecule has 0 aromatic heterocycles. The van der Waals surface area contributed by atoms with Crippen molar-refractivity contribution in [2.45, 2.75) is 6.92 Å². The van der Waals surface area contributed by atoms with Gasteiger partial charge in [0.2, 0.25) is 0 Å². The van der Waals surface area contributed by atoms with Crippen LogP contribution in [-0.4, -0.2) is 0 Å². The summed E-state index contributed by atoms with van der Waals surface area (Å²) < 4.78 is 0. The van der Waals surface area contributed by atoms with Gasteiger partial charge in [-0.2, -0.15) is 0 Å². The monoisotopic (exact) mass is 106 g/mol. The van der Waals surface area contributed by atoms with E-state index < -0.39 is 0 Å². The van der Waals surface area contributed by atoms with E-state index in [1.165, 1.54) is 0 Å². The highest BCUT2D eigenvalue weighted by atomic mass is 13.6. The molecule has 0 aliphatic rings. The summed E-state index contributed by atoms with van der Waals surface area (Å²) in [5, 5.41) is 0. The lowest BCUT2D eigenvalue weighted by molar-refractivity contribution is 1.76. The molecular formula is C8H10. The Bertz CT molecular complexity index is 132. The predicted molar refractivity (Wildman–Crippen MR) is 37.7 cm³/mol. The molecule has 0 atom stereocenters. The van der Waals surface area contributed by atoms with Gasteiger partial charge in [0.1, 0.15) is 0 Å². The molecule has 42 valence electrons. The summed E-state index contributed by atoms with van der Waals surface area (Å²) in [6.07, 6.45) is 9.16. The van der Waals surface area contributed by atoms with Gasteiger partial charge in [0.05, 0.1) is 0 Å². The van der Waals surface area contributed by atoms with Crippen molar-refractivity contribution >= 4 is 0 Å². The molecule has 0 saturated carbocycles. The van der Waals surface area contributed by atoms with Crippen LogP contribution in [0.25, 0.3) is 0 Å². The minimum absolute atomic E-state index is 1.73.